The van der Waals surface area contributed by atoms with Crippen LogP contribution in [0.2, 0.25) is 10.0 Å². The second-order valence-electron chi connectivity index (χ2n) is 5.90. The average molecular weight is 331 g/mol. The first-order valence-corrected chi connectivity index (χ1v) is 8.36. The molecule has 1 heterocycles. The van der Waals surface area contributed by atoms with Gasteiger partial charge in [0.25, 0.3) is 0 Å². The fraction of sp³-hybridized carbons (Fsp3) is 0.278. The van der Waals surface area contributed by atoms with Gasteiger partial charge < -0.3 is 5.43 Å². The van der Waals surface area contributed by atoms with Crippen molar-refractivity contribution in [2.45, 2.75) is 25.3 Å². The topological polar surface area (TPSA) is 24.4 Å². The SMILES string of the molecule is Clc1cccc(Cl)c1C1NN=C2c3ccccc3CCCC21. The maximum absolute atomic E-state index is 6.41. The van der Waals surface area contributed by atoms with E-state index < -0.39 is 0 Å². The van der Waals surface area contributed by atoms with Crippen LogP contribution in [0.1, 0.15) is 35.6 Å². The third-order valence-corrected chi connectivity index (χ3v) is 5.30. The van der Waals surface area contributed by atoms with E-state index in [0.717, 1.165) is 30.5 Å². The van der Waals surface area contributed by atoms with Crippen LogP contribution >= 0.6 is 23.2 Å². The first-order valence-electron chi connectivity index (χ1n) is 7.61. The van der Waals surface area contributed by atoms with E-state index in [2.05, 4.69) is 34.8 Å². The van der Waals surface area contributed by atoms with Gasteiger partial charge in [-0.2, -0.15) is 5.10 Å². The zero-order valence-corrected chi connectivity index (χ0v) is 13.5. The average Bonchev–Trinajstić information content (AvgIpc) is 2.82. The Morgan fingerprint density at radius 3 is 2.59 bits per heavy atom. The number of halogens is 2. The molecule has 0 saturated carbocycles. The quantitative estimate of drug-likeness (QED) is 0.782. The van der Waals surface area contributed by atoms with Gasteiger partial charge in [0, 0.05) is 27.1 Å². The van der Waals surface area contributed by atoms with Gasteiger partial charge in [-0.05, 0) is 37.0 Å². The van der Waals surface area contributed by atoms with Crippen LogP contribution < -0.4 is 5.43 Å². The Morgan fingerprint density at radius 1 is 1.00 bits per heavy atom. The van der Waals surface area contributed by atoms with Crippen LogP contribution in [0.5, 0.6) is 0 Å². The van der Waals surface area contributed by atoms with E-state index in [-0.39, 0.29) is 6.04 Å². The molecule has 112 valence electrons. The molecule has 2 aromatic rings. The van der Waals surface area contributed by atoms with E-state index in [9.17, 15) is 0 Å². The van der Waals surface area contributed by atoms with E-state index in [4.69, 9.17) is 23.2 Å². The number of benzene rings is 2. The molecule has 4 heteroatoms. The molecule has 0 spiro atoms. The predicted octanol–water partition coefficient (Wildman–Crippen LogP) is 4.99. The van der Waals surface area contributed by atoms with Crippen LogP contribution in [0.15, 0.2) is 47.6 Å². The lowest BCUT2D eigenvalue weighted by molar-refractivity contribution is 0.463. The minimum atomic E-state index is 0.0577. The summed E-state index contributed by atoms with van der Waals surface area (Å²) in [5.41, 5.74) is 8.05. The molecular weight excluding hydrogens is 315 g/mol. The second kappa shape index (κ2) is 5.60. The smallest absolute Gasteiger partial charge is 0.0803 e. The number of fused-ring (bicyclic) bond motifs is 3. The van der Waals surface area contributed by atoms with Gasteiger partial charge in [-0.15, -0.1) is 0 Å². The molecule has 2 aromatic carbocycles. The molecule has 0 bridgehead atoms. The van der Waals surface area contributed by atoms with Crippen molar-refractivity contribution in [1.82, 2.24) is 5.43 Å². The van der Waals surface area contributed by atoms with E-state index >= 15 is 0 Å². The minimum absolute atomic E-state index is 0.0577. The summed E-state index contributed by atoms with van der Waals surface area (Å²) < 4.78 is 0. The van der Waals surface area contributed by atoms with Crippen LogP contribution in [-0.2, 0) is 6.42 Å². The van der Waals surface area contributed by atoms with E-state index in [1.165, 1.54) is 11.1 Å². The van der Waals surface area contributed by atoms with Crippen molar-refractivity contribution in [1.29, 1.82) is 0 Å². The highest BCUT2D eigenvalue weighted by molar-refractivity contribution is 6.36. The maximum Gasteiger partial charge on any atom is 0.0803 e. The standard InChI is InChI=1S/C18H16Cl2N2/c19-14-9-4-10-15(20)16(14)18-13-8-3-6-11-5-1-2-7-12(11)17(13)21-22-18/h1-2,4-5,7,9-10,13,18,22H,3,6,8H2. The molecule has 22 heavy (non-hydrogen) atoms. The Kier molecular flexibility index (Phi) is 3.59. The number of rotatable bonds is 1. The summed E-state index contributed by atoms with van der Waals surface area (Å²) in [7, 11) is 0. The highest BCUT2D eigenvalue weighted by Gasteiger charge is 2.37. The lowest BCUT2D eigenvalue weighted by atomic mass is 9.86. The van der Waals surface area contributed by atoms with Crippen LogP contribution in [0.4, 0.5) is 0 Å². The molecule has 1 N–H and O–H groups in total. The molecular formula is C18H16Cl2N2. The summed E-state index contributed by atoms with van der Waals surface area (Å²) in [6, 6.07) is 14.3. The normalized spacial score (nSPS) is 23.1. The van der Waals surface area contributed by atoms with Crippen LogP contribution in [0.25, 0.3) is 0 Å². The Morgan fingerprint density at radius 2 is 1.77 bits per heavy atom. The maximum atomic E-state index is 6.41. The van der Waals surface area contributed by atoms with E-state index in [1.807, 2.05) is 18.2 Å². The molecule has 0 amide bonds. The van der Waals surface area contributed by atoms with Gasteiger partial charge in [-0.3, -0.25) is 0 Å². The Hall–Kier alpha value is -1.51. The first-order chi connectivity index (χ1) is 10.8. The van der Waals surface area contributed by atoms with Gasteiger partial charge in [0.05, 0.1) is 11.8 Å². The molecule has 4 rings (SSSR count). The minimum Gasteiger partial charge on any atom is -0.301 e. The molecule has 0 fully saturated rings. The molecule has 2 atom stereocenters. The summed E-state index contributed by atoms with van der Waals surface area (Å²) in [4.78, 5) is 0. The molecule has 0 saturated heterocycles. The van der Waals surface area contributed by atoms with Gasteiger partial charge in [-0.1, -0.05) is 53.5 Å². The Labute approximate surface area is 140 Å². The zero-order valence-electron chi connectivity index (χ0n) is 12.0. The lowest BCUT2D eigenvalue weighted by Gasteiger charge is -2.22. The van der Waals surface area contributed by atoms with Crippen LogP contribution in [-0.4, -0.2) is 5.71 Å². The van der Waals surface area contributed by atoms with Crippen molar-refractivity contribution in [3.8, 4) is 0 Å². The number of hydrazone groups is 1. The van der Waals surface area contributed by atoms with E-state index in [1.54, 1.807) is 0 Å². The summed E-state index contributed by atoms with van der Waals surface area (Å²) in [6.45, 7) is 0. The summed E-state index contributed by atoms with van der Waals surface area (Å²) in [5, 5.41) is 6.06. The highest BCUT2D eigenvalue weighted by atomic mass is 35.5. The van der Waals surface area contributed by atoms with Crippen molar-refractivity contribution < 1.29 is 0 Å². The second-order valence-corrected chi connectivity index (χ2v) is 6.71. The molecule has 2 aliphatic rings. The van der Waals surface area contributed by atoms with Gasteiger partial charge in [0.2, 0.25) is 0 Å². The molecule has 2 nitrogen and oxygen atoms in total. The first kappa shape index (κ1) is 14.1. The van der Waals surface area contributed by atoms with Gasteiger partial charge in [0.15, 0.2) is 0 Å². The lowest BCUT2D eigenvalue weighted by Crippen LogP contribution is -2.22. The third kappa shape index (κ3) is 2.22. The number of hydrogen-bond donors (Lipinski definition) is 1. The molecule has 1 aliphatic carbocycles. The van der Waals surface area contributed by atoms with Crippen LogP contribution in [0, 0.1) is 5.92 Å². The van der Waals surface area contributed by atoms with E-state index in [0.29, 0.717) is 16.0 Å². The van der Waals surface area contributed by atoms with Crippen molar-refractivity contribution >= 4 is 28.9 Å². The monoisotopic (exact) mass is 330 g/mol. The van der Waals surface area contributed by atoms with Crippen LogP contribution in [0.3, 0.4) is 0 Å². The number of nitrogens with zero attached hydrogens (tertiary/aromatic N) is 1. The summed E-state index contributed by atoms with van der Waals surface area (Å²) in [5.74, 6) is 0.320. The fourth-order valence-corrected chi connectivity index (χ4v) is 4.24. The third-order valence-electron chi connectivity index (χ3n) is 4.64. The molecule has 2 unspecified atom stereocenters. The Balaban J connectivity index is 1.77. The predicted molar refractivity (Wildman–Crippen MR) is 91.7 cm³/mol. The highest BCUT2D eigenvalue weighted by Crippen LogP contribution is 2.41. The largest absolute Gasteiger partial charge is 0.301 e. The summed E-state index contributed by atoms with van der Waals surface area (Å²) >= 11 is 12.8. The molecule has 0 radical (unpaired) electrons. The van der Waals surface area contributed by atoms with Crippen molar-refractivity contribution in [3.63, 3.8) is 0 Å². The Bertz CT molecular complexity index is 734. The van der Waals surface area contributed by atoms with Crippen molar-refractivity contribution in [3.05, 3.63) is 69.2 Å². The molecule has 1 aliphatic heterocycles. The number of nitrogens with one attached hydrogen (secondary N) is 1. The molecule has 0 aromatic heterocycles. The van der Waals surface area contributed by atoms with Gasteiger partial charge in [0.1, 0.15) is 0 Å². The fourth-order valence-electron chi connectivity index (χ4n) is 3.61. The zero-order chi connectivity index (χ0) is 15.1. The number of hydrogen-bond acceptors (Lipinski definition) is 2. The van der Waals surface area contributed by atoms with Gasteiger partial charge >= 0.3 is 0 Å². The number of aryl methyl sites for hydroxylation is 1. The van der Waals surface area contributed by atoms with Crippen molar-refractivity contribution in [2.24, 2.45) is 11.0 Å². The van der Waals surface area contributed by atoms with Crippen molar-refractivity contribution in [2.75, 3.05) is 0 Å². The summed E-state index contributed by atoms with van der Waals surface area (Å²) in [6.07, 6.45) is 3.35. The van der Waals surface area contributed by atoms with Gasteiger partial charge in [-0.25, -0.2) is 0 Å².